The van der Waals surface area contributed by atoms with Crippen molar-refractivity contribution in [2.45, 2.75) is 26.4 Å². The van der Waals surface area contributed by atoms with Gasteiger partial charge in [0.25, 0.3) is 0 Å². The Bertz CT molecular complexity index is 1060. The lowest BCUT2D eigenvalue weighted by atomic mass is 10.0. The van der Waals surface area contributed by atoms with E-state index in [4.69, 9.17) is 9.47 Å². The van der Waals surface area contributed by atoms with E-state index in [1.54, 1.807) is 0 Å². The number of piperazine rings is 1. The Morgan fingerprint density at radius 1 is 0.969 bits per heavy atom. The number of rotatable bonds is 6. The van der Waals surface area contributed by atoms with Gasteiger partial charge in [0.05, 0.1) is 12.6 Å². The van der Waals surface area contributed by atoms with E-state index in [1.807, 2.05) is 35.0 Å². The van der Waals surface area contributed by atoms with Crippen LogP contribution in [0.25, 0.3) is 0 Å². The van der Waals surface area contributed by atoms with Crippen molar-refractivity contribution >= 4 is 5.69 Å². The van der Waals surface area contributed by atoms with Gasteiger partial charge in [0.15, 0.2) is 17.3 Å². The zero-order valence-corrected chi connectivity index (χ0v) is 18.3. The molecule has 0 amide bonds. The van der Waals surface area contributed by atoms with Gasteiger partial charge in [0.2, 0.25) is 6.79 Å². The SMILES string of the molecule is CC(C)[C@H](c1nnnn1Cc1ccc2c(c1)OCO2)N1CCN(c2ccc(F)cc2)CC1. The first-order valence-electron chi connectivity index (χ1n) is 11.0. The monoisotopic (exact) mass is 438 g/mol. The van der Waals surface area contributed by atoms with Crippen molar-refractivity contribution in [1.29, 1.82) is 0 Å². The minimum atomic E-state index is -0.207. The van der Waals surface area contributed by atoms with Crippen molar-refractivity contribution in [2.24, 2.45) is 5.92 Å². The molecule has 1 fully saturated rings. The molecule has 9 heteroatoms. The van der Waals surface area contributed by atoms with Gasteiger partial charge in [-0.15, -0.1) is 5.10 Å². The van der Waals surface area contributed by atoms with Crippen molar-refractivity contribution in [1.82, 2.24) is 25.1 Å². The molecule has 1 atom stereocenters. The van der Waals surface area contributed by atoms with Crippen molar-refractivity contribution < 1.29 is 13.9 Å². The fraction of sp³-hybridized carbons (Fsp3) is 0.435. The Labute approximate surface area is 186 Å². The summed E-state index contributed by atoms with van der Waals surface area (Å²) in [6.45, 7) is 8.75. The van der Waals surface area contributed by atoms with E-state index in [0.717, 1.165) is 54.8 Å². The summed E-state index contributed by atoms with van der Waals surface area (Å²) in [5, 5.41) is 12.7. The van der Waals surface area contributed by atoms with Crippen LogP contribution in [0.15, 0.2) is 42.5 Å². The number of tetrazole rings is 1. The van der Waals surface area contributed by atoms with Gasteiger partial charge in [0.1, 0.15) is 5.82 Å². The summed E-state index contributed by atoms with van der Waals surface area (Å²) in [5.74, 6) is 2.53. The van der Waals surface area contributed by atoms with Crippen LogP contribution in [0, 0.1) is 11.7 Å². The number of benzene rings is 2. The molecule has 1 saturated heterocycles. The van der Waals surface area contributed by atoms with Crippen LogP contribution in [0.1, 0.15) is 31.3 Å². The third-order valence-electron chi connectivity index (χ3n) is 6.12. The summed E-state index contributed by atoms with van der Waals surface area (Å²) >= 11 is 0. The molecule has 2 aliphatic heterocycles. The fourth-order valence-electron chi connectivity index (χ4n) is 4.54. The molecule has 0 N–H and O–H groups in total. The summed E-state index contributed by atoms with van der Waals surface area (Å²) in [4.78, 5) is 4.75. The topological polar surface area (TPSA) is 68.5 Å². The maximum Gasteiger partial charge on any atom is 0.231 e. The fourth-order valence-corrected chi connectivity index (χ4v) is 4.54. The van der Waals surface area contributed by atoms with Gasteiger partial charge >= 0.3 is 0 Å². The number of anilines is 1. The molecule has 0 saturated carbocycles. The van der Waals surface area contributed by atoms with Gasteiger partial charge < -0.3 is 14.4 Å². The molecular formula is C23H27FN6O2. The Morgan fingerprint density at radius 3 is 2.47 bits per heavy atom. The molecule has 0 aliphatic carbocycles. The first-order chi connectivity index (χ1) is 15.6. The molecule has 8 nitrogen and oxygen atoms in total. The van der Waals surface area contributed by atoms with Crippen LogP contribution < -0.4 is 14.4 Å². The van der Waals surface area contributed by atoms with Crippen molar-refractivity contribution in [3.05, 3.63) is 59.7 Å². The molecule has 3 heterocycles. The minimum Gasteiger partial charge on any atom is -0.454 e. The van der Waals surface area contributed by atoms with Gasteiger partial charge in [-0.25, -0.2) is 9.07 Å². The number of hydrogen-bond acceptors (Lipinski definition) is 7. The average molecular weight is 439 g/mol. The van der Waals surface area contributed by atoms with Crippen molar-refractivity contribution in [3.8, 4) is 11.5 Å². The molecule has 2 aromatic carbocycles. The van der Waals surface area contributed by atoms with E-state index < -0.39 is 0 Å². The van der Waals surface area contributed by atoms with Crippen LogP contribution in [-0.4, -0.2) is 58.1 Å². The van der Waals surface area contributed by atoms with Crippen LogP contribution in [0.2, 0.25) is 0 Å². The number of ether oxygens (including phenoxy) is 2. The smallest absolute Gasteiger partial charge is 0.231 e. The molecular weight excluding hydrogens is 411 g/mol. The summed E-state index contributed by atoms with van der Waals surface area (Å²) < 4.78 is 26.1. The van der Waals surface area contributed by atoms with E-state index >= 15 is 0 Å². The van der Waals surface area contributed by atoms with Crippen LogP contribution in [-0.2, 0) is 6.54 Å². The summed E-state index contributed by atoms with van der Waals surface area (Å²) in [6, 6.07) is 12.8. The van der Waals surface area contributed by atoms with E-state index in [0.29, 0.717) is 12.5 Å². The van der Waals surface area contributed by atoms with E-state index in [1.165, 1.54) is 12.1 Å². The van der Waals surface area contributed by atoms with Gasteiger partial charge in [-0.05, 0) is 58.3 Å². The molecule has 168 valence electrons. The number of hydrogen-bond donors (Lipinski definition) is 0. The first kappa shape index (κ1) is 20.7. The quantitative estimate of drug-likeness (QED) is 0.586. The Balaban J connectivity index is 1.31. The largest absolute Gasteiger partial charge is 0.454 e. The van der Waals surface area contributed by atoms with Gasteiger partial charge in [-0.3, -0.25) is 4.90 Å². The number of halogens is 1. The molecule has 3 aromatic rings. The molecule has 2 aliphatic rings. The molecule has 0 unspecified atom stereocenters. The van der Waals surface area contributed by atoms with Crippen LogP contribution in [0.4, 0.5) is 10.1 Å². The Hall–Kier alpha value is -3.20. The van der Waals surface area contributed by atoms with Crippen molar-refractivity contribution in [2.75, 3.05) is 37.9 Å². The number of fused-ring (bicyclic) bond motifs is 1. The normalized spacial score (nSPS) is 17.2. The van der Waals surface area contributed by atoms with Crippen LogP contribution in [0.3, 0.4) is 0 Å². The highest BCUT2D eigenvalue weighted by Crippen LogP contribution is 2.33. The Morgan fingerprint density at radius 2 is 1.72 bits per heavy atom. The molecule has 1 aromatic heterocycles. The van der Waals surface area contributed by atoms with E-state index in [2.05, 4.69) is 39.2 Å². The highest BCUT2D eigenvalue weighted by Gasteiger charge is 2.31. The molecule has 5 rings (SSSR count). The lowest BCUT2D eigenvalue weighted by Crippen LogP contribution is -2.49. The second-order valence-corrected chi connectivity index (χ2v) is 8.57. The summed E-state index contributed by atoms with van der Waals surface area (Å²) in [5.41, 5.74) is 2.12. The third kappa shape index (κ3) is 4.12. The van der Waals surface area contributed by atoms with Crippen LogP contribution in [0.5, 0.6) is 11.5 Å². The lowest BCUT2D eigenvalue weighted by molar-refractivity contribution is 0.135. The third-order valence-corrected chi connectivity index (χ3v) is 6.12. The van der Waals surface area contributed by atoms with Gasteiger partial charge in [-0.2, -0.15) is 0 Å². The number of aromatic nitrogens is 4. The van der Waals surface area contributed by atoms with Crippen LogP contribution >= 0.6 is 0 Å². The first-order valence-corrected chi connectivity index (χ1v) is 11.0. The Kier molecular flexibility index (Phi) is 5.65. The van der Waals surface area contributed by atoms with Crippen molar-refractivity contribution in [3.63, 3.8) is 0 Å². The lowest BCUT2D eigenvalue weighted by Gasteiger charge is -2.41. The highest BCUT2D eigenvalue weighted by atomic mass is 19.1. The molecule has 0 bridgehead atoms. The van der Waals surface area contributed by atoms with E-state index in [-0.39, 0.29) is 18.7 Å². The maximum atomic E-state index is 13.3. The highest BCUT2D eigenvalue weighted by molar-refractivity contribution is 5.47. The molecule has 32 heavy (non-hydrogen) atoms. The second kappa shape index (κ2) is 8.74. The molecule has 0 spiro atoms. The standard InChI is InChI=1S/C23H27FN6O2/c1-16(2)22(29-11-9-28(10-12-29)19-6-4-18(24)5-7-19)23-25-26-27-30(23)14-17-3-8-20-21(13-17)32-15-31-20/h3-8,13,16,22H,9-12,14-15H2,1-2H3/t22-/m1/s1. The second-order valence-electron chi connectivity index (χ2n) is 8.57. The molecule has 0 radical (unpaired) electrons. The van der Waals surface area contributed by atoms with E-state index in [9.17, 15) is 4.39 Å². The predicted molar refractivity (Wildman–Crippen MR) is 117 cm³/mol. The average Bonchev–Trinajstić information content (AvgIpc) is 3.44. The summed E-state index contributed by atoms with van der Waals surface area (Å²) in [6.07, 6.45) is 0. The zero-order chi connectivity index (χ0) is 22.1. The number of nitrogens with zero attached hydrogens (tertiary/aromatic N) is 6. The minimum absolute atomic E-state index is 0.106. The summed E-state index contributed by atoms with van der Waals surface area (Å²) in [7, 11) is 0. The zero-order valence-electron chi connectivity index (χ0n) is 18.3. The van der Waals surface area contributed by atoms with Gasteiger partial charge in [-0.1, -0.05) is 19.9 Å². The van der Waals surface area contributed by atoms with Gasteiger partial charge in [0, 0.05) is 31.9 Å². The maximum absolute atomic E-state index is 13.3. The predicted octanol–water partition coefficient (Wildman–Crippen LogP) is 3.11.